The van der Waals surface area contributed by atoms with Gasteiger partial charge in [0.25, 0.3) is 0 Å². The molecule has 0 unspecified atom stereocenters. The van der Waals surface area contributed by atoms with Gasteiger partial charge in [-0.3, -0.25) is 19.9 Å². The maximum Gasteiger partial charge on any atom is 0.411 e. The number of hydrogen-bond donors (Lipinski definition) is 4. The zero-order valence-corrected chi connectivity index (χ0v) is 25.9. The molecule has 3 aromatic heterocycles. The second kappa shape index (κ2) is 14.0. The van der Waals surface area contributed by atoms with Crippen molar-refractivity contribution in [3.63, 3.8) is 0 Å². The number of benzene rings is 2. The van der Waals surface area contributed by atoms with Gasteiger partial charge >= 0.3 is 6.09 Å². The van der Waals surface area contributed by atoms with Gasteiger partial charge in [0.2, 0.25) is 11.8 Å². The van der Waals surface area contributed by atoms with Crippen LogP contribution < -0.4 is 16.0 Å². The number of carbonyl (C=O) groups is 3. The molecule has 0 radical (unpaired) electrons. The van der Waals surface area contributed by atoms with Gasteiger partial charge in [0.1, 0.15) is 12.2 Å². The first-order valence-electron chi connectivity index (χ1n) is 14.7. The third kappa shape index (κ3) is 7.68. The number of rotatable bonds is 5. The molecule has 2 aromatic carbocycles. The van der Waals surface area contributed by atoms with E-state index in [4.69, 9.17) is 26.3 Å². The second-order valence-corrected chi connectivity index (χ2v) is 11.0. The van der Waals surface area contributed by atoms with E-state index >= 15 is 0 Å². The Morgan fingerprint density at radius 2 is 1.91 bits per heavy atom. The number of amides is 3. The molecule has 1 aliphatic rings. The first-order valence-corrected chi connectivity index (χ1v) is 15.0. The van der Waals surface area contributed by atoms with Gasteiger partial charge in [0.15, 0.2) is 0 Å². The maximum absolute atomic E-state index is 13.3. The third-order valence-electron chi connectivity index (χ3n) is 7.41. The lowest BCUT2D eigenvalue weighted by atomic mass is 10.1. The number of nitrogens with zero attached hydrogens (tertiary/aromatic N) is 6. The van der Waals surface area contributed by atoms with E-state index in [0.717, 1.165) is 11.4 Å². The Bertz CT molecular complexity index is 1960. The highest BCUT2D eigenvalue weighted by Gasteiger charge is 2.21. The van der Waals surface area contributed by atoms with Crippen molar-refractivity contribution in [2.45, 2.75) is 31.7 Å². The quantitative estimate of drug-likeness (QED) is 0.196. The fourth-order valence-electron chi connectivity index (χ4n) is 5.13. The molecule has 0 fully saturated rings. The summed E-state index contributed by atoms with van der Waals surface area (Å²) in [5.74, 6) is -0.0699. The Balaban J connectivity index is 1.31. The van der Waals surface area contributed by atoms with E-state index in [-0.39, 0.29) is 18.2 Å². The first-order chi connectivity index (χ1) is 22.8. The molecule has 6 rings (SSSR count). The number of anilines is 2. The van der Waals surface area contributed by atoms with Crippen LogP contribution in [-0.2, 0) is 27.2 Å². The second-order valence-electron chi connectivity index (χ2n) is 10.6. The molecule has 1 aliphatic heterocycles. The molecule has 15 heteroatoms. The standard InChI is InChI=1S/C32H29ClN10O4/c1-47-32(46)37-23-7-10-24-26(16-23)39-30(45)14-9-22-4-2-3-21(36-22)8-11-25(31-34-17-27(24)40-31)38-29(44)13-5-19-15-20(33)6-12-28(19)43-18-35-41-42-43/h2-7,10,12-13,15-18,25H,8-9,11,14H2,1H3,(H,34,40)(H,37,46)(H,38,44)(H,39,45)/b13-5+/t25-/m0/s1. The summed E-state index contributed by atoms with van der Waals surface area (Å²) in [5.41, 5.74) is 4.92. The minimum absolute atomic E-state index is 0.198. The number of aromatic nitrogens is 7. The van der Waals surface area contributed by atoms with Crippen molar-refractivity contribution in [2.24, 2.45) is 0 Å². The van der Waals surface area contributed by atoms with Crippen molar-refractivity contribution < 1.29 is 19.1 Å². The SMILES string of the molecule is COC(=O)Nc1ccc2c(c1)NC(=O)CCc1cccc(n1)CC[C@H](NC(=O)/C=C/c1cc(Cl)ccc1-n1cnnn1)c1nc-2c[nH]1. The number of tetrazole rings is 1. The van der Waals surface area contributed by atoms with Gasteiger partial charge in [0.05, 0.1) is 30.2 Å². The average Bonchev–Trinajstić information content (AvgIpc) is 3.78. The van der Waals surface area contributed by atoms with E-state index in [2.05, 4.69) is 36.5 Å². The Hall–Kier alpha value is -5.89. The monoisotopic (exact) mass is 652 g/mol. The molecule has 5 aromatic rings. The zero-order valence-electron chi connectivity index (χ0n) is 25.1. The van der Waals surface area contributed by atoms with Crippen LogP contribution in [0.15, 0.2) is 73.2 Å². The maximum atomic E-state index is 13.3. The van der Waals surface area contributed by atoms with Crippen molar-refractivity contribution >= 4 is 47.0 Å². The highest BCUT2D eigenvalue weighted by atomic mass is 35.5. The number of imidazole rings is 1. The first kappa shape index (κ1) is 31.1. The summed E-state index contributed by atoms with van der Waals surface area (Å²) >= 11 is 6.24. The van der Waals surface area contributed by atoms with Gasteiger partial charge in [-0.05, 0) is 84.3 Å². The van der Waals surface area contributed by atoms with Crippen LogP contribution in [0.2, 0.25) is 5.02 Å². The highest BCUT2D eigenvalue weighted by Crippen LogP contribution is 2.32. The van der Waals surface area contributed by atoms with Gasteiger partial charge in [0, 0.05) is 51.9 Å². The summed E-state index contributed by atoms with van der Waals surface area (Å²) in [6.45, 7) is 0. The van der Waals surface area contributed by atoms with Crippen LogP contribution in [0.3, 0.4) is 0 Å². The van der Waals surface area contributed by atoms with Gasteiger partial charge in [-0.1, -0.05) is 17.7 Å². The summed E-state index contributed by atoms with van der Waals surface area (Å²) in [6, 6.07) is 15.4. The Kier molecular flexibility index (Phi) is 9.29. The van der Waals surface area contributed by atoms with Gasteiger partial charge < -0.3 is 20.4 Å². The molecule has 0 saturated carbocycles. The number of halogens is 1. The lowest BCUT2D eigenvalue weighted by Gasteiger charge is -2.16. The summed E-state index contributed by atoms with van der Waals surface area (Å²) in [5, 5.41) is 20.4. The number of methoxy groups -OCH3 is 1. The van der Waals surface area contributed by atoms with E-state index in [1.165, 1.54) is 24.2 Å². The number of aromatic amines is 1. The zero-order chi connectivity index (χ0) is 32.8. The fraction of sp³-hybridized carbons (Fsp3) is 0.188. The van der Waals surface area contributed by atoms with E-state index in [9.17, 15) is 14.4 Å². The van der Waals surface area contributed by atoms with Crippen LogP contribution in [0, 0.1) is 0 Å². The summed E-state index contributed by atoms with van der Waals surface area (Å²) in [4.78, 5) is 51.0. The number of H-pyrrole nitrogens is 1. The number of hydrogen-bond acceptors (Lipinski definition) is 9. The number of fused-ring (bicyclic) bond motifs is 6. The topological polar surface area (TPSA) is 182 Å². The third-order valence-corrected chi connectivity index (χ3v) is 7.64. The molecule has 47 heavy (non-hydrogen) atoms. The van der Waals surface area contributed by atoms with Crippen molar-refractivity contribution in [3.05, 3.63) is 101 Å². The average molecular weight is 653 g/mol. The summed E-state index contributed by atoms with van der Waals surface area (Å²) in [7, 11) is 1.27. The van der Waals surface area contributed by atoms with Crippen molar-refractivity contribution in [2.75, 3.05) is 17.7 Å². The lowest BCUT2D eigenvalue weighted by molar-refractivity contribution is -0.117. The number of carbonyl (C=O) groups excluding carboxylic acids is 3. The smallest absolute Gasteiger partial charge is 0.411 e. The molecule has 4 heterocycles. The van der Waals surface area contributed by atoms with E-state index < -0.39 is 12.1 Å². The molecule has 238 valence electrons. The summed E-state index contributed by atoms with van der Waals surface area (Å²) < 4.78 is 6.19. The van der Waals surface area contributed by atoms with Crippen LogP contribution in [-0.4, -0.2) is 60.2 Å². The van der Waals surface area contributed by atoms with Gasteiger partial charge in [-0.25, -0.2) is 9.78 Å². The molecule has 4 bridgehead atoms. The molecule has 0 aliphatic carbocycles. The highest BCUT2D eigenvalue weighted by molar-refractivity contribution is 6.30. The van der Waals surface area contributed by atoms with E-state index in [1.54, 1.807) is 48.7 Å². The molecule has 14 nitrogen and oxygen atoms in total. The minimum Gasteiger partial charge on any atom is -0.453 e. The Morgan fingerprint density at radius 1 is 1.06 bits per heavy atom. The lowest BCUT2D eigenvalue weighted by Crippen LogP contribution is -2.28. The summed E-state index contributed by atoms with van der Waals surface area (Å²) in [6.07, 6.45) is 7.24. The van der Waals surface area contributed by atoms with Crippen molar-refractivity contribution in [1.29, 1.82) is 0 Å². The minimum atomic E-state index is -0.643. The van der Waals surface area contributed by atoms with Gasteiger partial charge in [-0.15, -0.1) is 5.10 Å². The predicted octanol–water partition coefficient (Wildman–Crippen LogP) is 4.67. The Labute approximate surface area is 273 Å². The number of nitrogens with one attached hydrogen (secondary N) is 4. The molecule has 0 spiro atoms. The van der Waals surface area contributed by atoms with Crippen LogP contribution in [0.25, 0.3) is 23.0 Å². The molecule has 4 N–H and O–H groups in total. The molecule has 0 saturated heterocycles. The van der Waals surface area contributed by atoms with Crippen LogP contribution >= 0.6 is 11.6 Å². The number of pyridine rings is 1. The van der Waals surface area contributed by atoms with Gasteiger partial charge in [-0.2, -0.15) is 4.68 Å². The number of ether oxygens (including phenoxy) is 1. The molecule has 1 atom stereocenters. The van der Waals surface area contributed by atoms with Crippen LogP contribution in [0.1, 0.15) is 41.7 Å². The molecular formula is C32H29ClN10O4. The van der Waals surface area contributed by atoms with E-state index in [1.807, 2.05) is 18.2 Å². The van der Waals surface area contributed by atoms with Crippen molar-refractivity contribution in [1.82, 2.24) is 40.5 Å². The number of aryl methyl sites for hydroxylation is 2. The van der Waals surface area contributed by atoms with Crippen LogP contribution in [0.4, 0.5) is 16.2 Å². The predicted molar refractivity (Wildman–Crippen MR) is 174 cm³/mol. The van der Waals surface area contributed by atoms with Crippen LogP contribution in [0.5, 0.6) is 0 Å². The molecular weight excluding hydrogens is 624 g/mol. The largest absolute Gasteiger partial charge is 0.453 e. The normalized spacial score (nSPS) is 14.8. The van der Waals surface area contributed by atoms with Crippen molar-refractivity contribution in [3.8, 4) is 16.9 Å². The Morgan fingerprint density at radius 3 is 2.72 bits per heavy atom. The van der Waals surface area contributed by atoms with E-state index in [0.29, 0.717) is 64.0 Å². The molecule has 3 amide bonds. The fourth-order valence-corrected chi connectivity index (χ4v) is 5.31.